The molecule has 0 amide bonds. The van der Waals surface area contributed by atoms with Gasteiger partial charge in [-0.25, -0.2) is 0 Å². The van der Waals surface area contributed by atoms with Crippen molar-refractivity contribution in [2.24, 2.45) is 0 Å². The highest BCUT2D eigenvalue weighted by molar-refractivity contribution is 7.26. The van der Waals surface area contributed by atoms with Crippen LogP contribution in [0.2, 0.25) is 0 Å². The molecule has 2 atom stereocenters. The topological polar surface area (TPSA) is 0 Å². The van der Waals surface area contributed by atoms with Crippen LogP contribution >= 0.6 is 11.3 Å². The number of rotatable bonds is 2. The van der Waals surface area contributed by atoms with Crippen LogP contribution in [0.25, 0.3) is 53.6 Å². The van der Waals surface area contributed by atoms with E-state index >= 15 is 0 Å². The van der Waals surface area contributed by atoms with E-state index in [1.54, 1.807) is 0 Å². The maximum Gasteiger partial charge on any atom is 0.0433 e. The van der Waals surface area contributed by atoms with Crippen molar-refractivity contribution < 1.29 is 0 Å². The van der Waals surface area contributed by atoms with Crippen LogP contribution in [0.1, 0.15) is 23.0 Å². The molecule has 2 aliphatic carbocycles. The second kappa shape index (κ2) is 8.16. The summed E-state index contributed by atoms with van der Waals surface area (Å²) in [6, 6.07) is 40.5. The van der Waals surface area contributed by atoms with Gasteiger partial charge in [0, 0.05) is 32.0 Å². The van der Waals surface area contributed by atoms with Gasteiger partial charge in [0.1, 0.15) is 0 Å². The van der Waals surface area contributed by atoms with E-state index in [0.717, 1.165) is 0 Å². The Hall–Kier alpha value is -4.20. The molecule has 0 aliphatic heterocycles. The SMILES string of the molecule is C1=CC2c3ccccc3-c3ccc(-c4cccc(-c5cccc6c5sc5ccccc56)c4)cc3C2C=C1. The lowest BCUT2D eigenvalue weighted by molar-refractivity contribution is 0.720. The van der Waals surface area contributed by atoms with Crippen LogP contribution in [0, 0.1) is 0 Å². The van der Waals surface area contributed by atoms with Crippen LogP contribution in [0.4, 0.5) is 0 Å². The standard InChI is InChI=1S/C36H24S/c1-2-13-29-27(11-1)28-12-3-4-14-30(28)34-22-24(19-20-31(29)34)23-9-7-10-25(21-23)26-16-8-17-33-32-15-5-6-18-35(32)37-36(26)33/h1-22,28,30H. The molecule has 1 heterocycles. The predicted molar refractivity (Wildman–Crippen MR) is 159 cm³/mol. The van der Waals surface area contributed by atoms with Gasteiger partial charge in [-0.3, -0.25) is 0 Å². The minimum absolute atomic E-state index is 0.380. The molecule has 0 saturated heterocycles. The molecule has 2 aliphatic rings. The Morgan fingerprint density at radius 3 is 2.08 bits per heavy atom. The molecule has 0 nitrogen and oxygen atoms in total. The number of fused-ring (bicyclic) bond motifs is 9. The summed E-state index contributed by atoms with van der Waals surface area (Å²) in [5.74, 6) is 0.783. The summed E-state index contributed by atoms with van der Waals surface area (Å²) in [7, 11) is 0. The summed E-state index contributed by atoms with van der Waals surface area (Å²) in [6.07, 6.45) is 9.15. The highest BCUT2D eigenvalue weighted by atomic mass is 32.1. The Labute approximate surface area is 220 Å². The van der Waals surface area contributed by atoms with E-state index in [0.29, 0.717) is 11.8 Å². The van der Waals surface area contributed by atoms with Crippen LogP contribution in [0.5, 0.6) is 0 Å². The molecule has 174 valence electrons. The smallest absolute Gasteiger partial charge is 0.0433 e. The number of allylic oxidation sites excluding steroid dienone is 4. The fourth-order valence-electron chi connectivity index (χ4n) is 6.34. The second-order valence-electron chi connectivity index (χ2n) is 10.1. The molecule has 1 heteroatoms. The van der Waals surface area contributed by atoms with Crippen LogP contribution < -0.4 is 0 Å². The summed E-state index contributed by atoms with van der Waals surface area (Å²) >= 11 is 1.90. The van der Waals surface area contributed by atoms with Crippen LogP contribution in [-0.4, -0.2) is 0 Å². The van der Waals surface area contributed by atoms with Gasteiger partial charge in [-0.1, -0.05) is 115 Å². The highest BCUT2D eigenvalue weighted by Crippen LogP contribution is 2.50. The second-order valence-corrected chi connectivity index (χ2v) is 11.1. The number of benzene rings is 5. The Morgan fingerprint density at radius 1 is 0.459 bits per heavy atom. The van der Waals surface area contributed by atoms with Gasteiger partial charge in [0.05, 0.1) is 0 Å². The molecule has 0 fully saturated rings. The molecule has 0 bridgehead atoms. The van der Waals surface area contributed by atoms with Gasteiger partial charge < -0.3 is 0 Å². The first-order valence-electron chi connectivity index (χ1n) is 12.9. The van der Waals surface area contributed by atoms with Crippen molar-refractivity contribution in [3.05, 3.63) is 145 Å². The van der Waals surface area contributed by atoms with E-state index in [2.05, 4.69) is 133 Å². The van der Waals surface area contributed by atoms with Gasteiger partial charge in [-0.05, 0) is 62.7 Å². The van der Waals surface area contributed by atoms with Crippen molar-refractivity contribution in [2.75, 3.05) is 0 Å². The number of thiophene rings is 1. The third kappa shape index (κ3) is 3.21. The average Bonchev–Trinajstić information content (AvgIpc) is 3.36. The van der Waals surface area contributed by atoms with Gasteiger partial charge >= 0.3 is 0 Å². The van der Waals surface area contributed by atoms with E-state index in [1.165, 1.54) is 64.7 Å². The third-order valence-electron chi connectivity index (χ3n) is 8.07. The van der Waals surface area contributed by atoms with E-state index in [9.17, 15) is 0 Å². The lowest BCUT2D eigenvalue weighted by Gasteiger charge is -2.34. The lowest BCUT2D eigenvalue weighted by Crippen LogP contribution is -2.16. The summed E-state index contributed by atoms with van der Waals surface area (Å²) < 4.78 is 2.71. The monoisotopic (exact) mass is 488 g/mol. The number of hydrogen-bond acceptors (Lipinski definition) is 1. The van der Waals surface area contributed by atoms with Crippen LogP contribution in [0.15, 0.2) is 133 Å². The van der Waals surface area contributed by atoms with E-state index in [-0.39, 0.29) is 0 Å². The Bertz CT molecular complexity index is 1900. The molecular formula is C36H24S. The van der Waals surface area contributed by atoms with Gasteiger partial charge in [0.2, 0.25) is 0 Å². The maximum absolute atomic E-state index is 2.44. The zero-order chi connectivity index (χ0) is 24.3. The van der Waals surface area contributed by atoms with Gasteiger partial charge in [0.25, 0.3) is 0 Å². The van der Waals surface area contributed by atoms with E-state index in [4.69, 9.17) is 0 Å². The third-order valence-corrected chi connectivity index (χ3v) is 9.29. The first kappa shape index (κ1) is 20.9. The van der Waals surface area contributed by atoms with Crippen molar-refractivity contribution in [3.8, 4) is 33.4 Å². The minimum Gasteiger partial charge on any atom is -0.135 e. The molecule has 5 aromatic carbocycles. The van der Waals surface area contributed by atoms with Crippen molar-refractivity contribution >= 4 is 31.5 Å². The Balaban J connectivity index is 1.27. The molecular weight excluding hydrogens is 464 g/mol. The summed E-state index contributed by atoms with van der Waals surface area (Å²) in [4.78, 5) is 0. The molecule has 0 radical (unpaired) electrons. The average molecular weight is 489 g/mol. The van der Waals surface area contributed by atoms with Crippen molar-refractivity contribution in [2.45, 2.75) is 11.8 Å². The highest BCUT2D eigenvalue weighted by Gasteiger charge is 2.31. The van der Waals surface area contributed by atoms with Gasteiger partial charge in [0.15, 0.2) is 0 Å². The molecule has 37 heavy (non-hydrogen) atoms. The lowest BCUT2D eigenvalue weighted by atomic mass is 9.69. The van der Waals surface area contributed by atoms with Gasteiger partial charge in [-0.15, -0.1) is 11.3 Å². The molecule has 6 aromatic rings. The molecule has 0 N–H and O–H groups in total. The maximum atomic E-state index is 2.44. The quantitative estimate of drug-likeness (QED) is 0.227. The minimum atomic E-state index is 0.380. The zero-order valence-electron chi connectivity index (χ0n) is 20.3. The van der Waals surface area contributed by atoms with Crippen molar-refractivity contribution in [1.82, 2.24) is 0 Å². The Kier molecular flexibility index (Phi) is 4.62. The normalized spacial score (nSPS) is 17.5. The van der Waals surface area contributed by atoms with Crippen LogP contribution in [-0.2, 0) is 0 Å². The summed E-state index contributed by atoms with van der Waals surface area (Å²) in [6.45, 7) is 0. The summed E-state index contributed by atoms with van der Waals surface area (Å²) in [5, 5.41) is 2.69. The van der Waals surface area contributed by atoms with Crippen molar-refractivity contribution in [3.63, 3.8) is 0 Å². The summed E-state index contributed by atoms with van der Waals surface area (Å²) in [5.41, 5.74) is 10.7. The fraction of sp³-hybridized carbons (Fsp3) is 0.0556. The molecule has 0 spiro atoms. The first-order valence-corrected chi connectivity index (χ1v) is 13.8. The molecule has 2 unspecified atom stereocenters. The zero-order valence-corrected chi connectivity index (χ0v) is 21.1. The Morgan fingerprint density at radius 2 is 1.14 bits per heavy atom. The largest absolute Gasteiger partial charge is 0.135 e. The van der Waals surface area contributed by atoms with Crippen LogP contribution in [0.3, 0.4) is 0 Å². The fourth-order valence-corrected chi connectivity index (χ4v) is 7.58. The predicted octanol–water partition coefficient (Wildman–Crippen LogP) is 10.4. The molecule has 0 saturated carbocycles. The van der Waals surface area contributed by atoms with E-state index < -0.39 is 0 Å². The van der Waals surface area contributed by atoms with Gasteiger partial charge in [-0.2, -0.15) is 0 Å². The molecule has 1 aromatic heterocycles. The number of hydrogen-bond donors (Lipinski definition) is 0. The van der Waals surface area contributed by atoms with Crippen molar-refractivity contribution in [1.29, 1.82) is 0 Å². The first-order chi connectivity index (χ1) is 18.3. The molecule has 8 rings (SSSR count). The van der Waals surface area contributed by atoms with E-state index in [1.807, 2.05) is 11.3 Å².